The van der Waals surface area contributed by atoms with Gasteiger partial charge >= 0.3 is 0 Å². The predicted octanol–water partition coefficient (Wildman–Crippen LogP) is 0.856. The number of carboxylic acid groups (broad SMARTS) is 1. The van der Waals surface area contributed by atoms with Crippen LogP contribution in [0.15, 0.2) is 47.4 Å². The Labute approximate surface area is 129 Å². The van der Waals surface area contributed by atoms with Crippen molar-refractivity contribution in [1.82, 2.24) is 8.75 Å². The summed E-state index contributed by atoms with van der Waals surface area (Å²) < 4.78 is 35.2. The molecule has 0 saturated heterocycles. The number of carbonyl (C=O) groups is 1. The molecular weight excluding hydrogens is 326 g/mol. The number of nitrogens with one attached hydrogen (secondary N) is 1. The molecule has 9 heteroatoms. The molecule has 0 unspecified atom stereocenters. The first-order valence-corrected chi connectivity index (χ1v) is 8.25. The van der Waals surface area contributed by atoms with Crippen LogP contribution in [0, 0.1) is 0 Å². The maximum atomic E-state index is 12.5. The van der Waals surface area contributed by atoms with E-state index in [0.29, 0.717) is 5.52 Å². The summed E-state index contributed by atoms with van der Waals surface area (Å²) in [7, 11) is -4.00. The number of hydrogen-bond donors (Lipinski definition) is 1. The van der Waals surface area contributed by atoms with E-state index >= 15 is 0 Å². The molecule has 22 heavy (non-hydrogen) atoms. The fourth-order valence-corrected chi connectivity index (χ4v) is 3.80. The average Bonchev–Trinajstić information content (AvgIpc) is 2.95. The molecule has 0 spiro atoms. The SMILES string of the molecule is O=C([O-])c1ccccc1NS(=O)(=O)c1cccc2nsnc12. The van der Waals surface area contributed by atoms with Gasteiger partial charge in [-0.3, -0.25) is 4.72 Å². The molecule has 3 aromatic rings. The highest BCUT2D eigenvalue weighted by Crippen LogP contribution is 2.24. The standard InChI is InChI=1S/C13H9N3O4S2/c17-13(18)8-4-1-2-5-9(8)16-22(19,20)11-7-3-6-10-12(11)15-21-14-10/h1-7,16H,(H,17,18)/p-1. The van der Waals surface area contributed by atoms with Gasteiger partial charge in [0.25, 0.3) is 10.0 Å². The largest absolute Gasteiger partial charge is 0.545 e. The zero-order chi connectivity index (χ0) is 15.7. The van der Waals surface area contributed by atoms with Gasteiger partial charge < -0.3 is 9.90 Å². The third kappa shape index (κ3) is 2.51. The Morgan fingerprint density at radius 1 is 1.09 bits per heavy atom. The van der Waals surface area contributed by atoms with Crippen molar-refractivity contribution in [3.8, 4) is 0 Å². The molecule has 7 nitrogen and oxygen atoms in total. The molecule has 0 bridgehead atoms. The Kier molecular flexibility index (Phi) is 3.51. The highest BCUT2D eigenvalue weighted by atomic mass is 32.2. The van der Waals surface area contributed by atoms with E-state index in [1.54, 1.807) is 12.1 Å². The molecule has 0 atom stereocenters. The second-order valence-corrected chi connectivity index (χ2v) is 6.51. The predicted molar refractivity (Wildman–Crippen MR) is 79.0 cm³/mol. The third-order valence-corrected chi connectivity index (χ3v) is 4.87. The van der Waals surface area contributed by atoms with E-state index in [9.17, 15) is 18.3 Å². The summed E-state index contributed by atoms with van der Waals surface area (Å²) >= 11 is 0.901. The Balaban J connectivity index is 2.09. The van der Waals surface area contributed by atoms with Crippen molar-refractivity contribution in [3.05, 3.63) is 48.0 Å². The van der Waals surface area contributed by atoms with E-state index in [1.807, 2.05) is 0 Å². The first kappa shape index (κ1) is 14.4. The lowest BCUT2D eigenvalue weighted by molar-refractivity contribution is -0.254. The Morgan fingerprint density at radius 2 is 1.86 bits per heavy atom. The number of rotatable bonds is 4. The molecule has 0 amide bonds. The number of fused-ring (bicyclic) bond motifs is 1. The summed E-state index contributed by atoms with van der Waals surface area (Å²) in [6, 6.07) is 10.2. The van der Waals surface area contributed by atoms with Crippen molar-refractivity contribution in [2.45, 2.75) is 4.90 Å². The molecule has 0 aliphatic heterocycles. The number of para-hydroxylation sites is 1. The Bertz CT molecular complexity index is 966. The zero-order valence-corrected chi connectivity index (χ0v) is 12.5. The van der Waals surface area contributed by atoms with Crippen LogP contribution in [-0.2, 0) is 10.0 Å². The number of anilines is 1. The van der Waals surface area contributed by atoms with Crippen LogP contribution < -0.4 is 9.83 Å². The van der Waals surface area contributed by atoms with Crippen molar-refractivity contribution >= 4 is 44.4 Å². The first-order valence-electron chi connectivity index (χ1n) is 6.03. The summed E-state index contributed by atoms with van der Waals surface area (Å²) in [6.45, 7) is 0. The summed E-state index contributed by atoms with van der Waals surface area (Å²) in [5, 5.41) is 11.0. The molecule has 1 heterocycles. The summed E-state index contributed by atoms with van der Waals surface area (Å²) in [6.07, 6.45) is 0. The lowest BCUT2D eigenvalue weighted by atomic mass is 10.2. The van der Waals surface area contributed by atoms with Crippen LogP contribution >= 0.6 is 11.7 Å². The third-order valence-electron chi connectivity index (χ3n) is 2.93. The van der Waals surface area contributed by atoms with Crippen LogP contribution in [0.3, 0.4) is 0 Å². The number of nitrogens with zero attached hydrogens (tertiary/aromatic N) is 2. The van der Waals surface area contributed by atoms with Crippen molar-refractivity contribution in [2.24, 2.45) is 0 Å². The molecular formula is C13H8N3O4S2-. The normalized spacial score (nSPS) is 11.5. The molecule has 112 valence electrons. The van der Waals surface area contributed by atoms with E-state index in [4.69, 9.17) is 0 Å². The van der Waals surface area contributed by atoms with Crippen LogP contribution in [0.2, 0.25) is 0 Å². The van der Waals surface area contributed by atoms with Gasteiger partial charge in [0, 0.05) is 5.56 Å². The van der Waals surface area contributed by atoms with Crippen molar-refractivity contribution in [3.63, 3.8) is 0 Å². The minimum absolute atomic E-state index is 0.0631. The maximum absolute atomic E-state index is 12.5. The number of benzene rings is 2. The first-order chi connectivity index (χ1) is 10.5. The van der Waals surface area contributed by atoms with Gasteiger partial charge in [0.05, 0.1) is 23.4 Å². The fourth-order valence-electron chi connectivity index (χ4n) is 1.95. The van der Waals surface area contributed by atoms with E-state index in [2.05, 4.69) is 13.5 Å². The fraction of sp³-hybridized carbons (Fsp3) is 0. The summed E-state index contributed by atoms with van der Waals surface area (Å²) in [5.41, 5.74) is 0.393. The van der Waals surface area contributed by atoms with Gasteiger partial charge in [-0.15, -0.1) is 0 Å². The van der Waals surface area contributed by atoms with Gasteiger partial charge in [0.1, 0.15) is 15.9 Å². The van der Waals surface area contributed by atoms with Gasteiger partial charge in [-0.25, -0.2) is 8.42 Å². The van der Waals surface area contributed by atoms with Crippen molar-refractivity contribution < 1.29 is 18.3 Å². The highest BCUT2D eigenvalue weighted by Gasteiger charge is 2.20. The van der Waals surface area contributed by atoms with Gasteiger partial charge in [0.15, 0.2) is 0 Å². The lowest BCUT2D eigenvalue weighted by Gasteiger charge is -2.13. The van der Waals surface area contributed by atoms with E-state index < -0.39 is 16.0 Å². The Morgan fingerprint density at radius 3 is 2.64 bits per heavy atom. The van der Waals surface area contributed by atoms with Gasteiger partial charge in [-0.1, -0.05) is 24.3 Å². The maximum Gasteiger partial charge on any atom is 0.264 e. The van der Waals surface area contributed by atoms with Crippen LogP contribution in [0.5, 0.6) is 0 Å². The number of sulfonamides is 1. The molecule has 3 rings (SSSR count). The van der Waals surface area contributed by atoms with Crippen LogP contribution in [0.1, 0.15) is 10.4 Å². The number of aromatic nitrogens is 2. The number of hydrogen-bond acceptors (Lipinski definition) is 7. The molecule has 0 radical (unpaired) electrons. The number of carbonyl (C=O) groups excluding carboxylic acids is 1. The van der Waals surface area contributed by atoms with Gasteiger partial charge in [-0.05, 0) is 18.2 Å². The topological polar surface area (TPSA) is 112 Å². The van der Waals surface area contributed by atoms with E-state index in [-0.39, 0.29) is 21.7 Å². The molecule has 0 aliphatic carbocycles. The van der Waals surface area contributed by atoms with Crippen LogP contribution in [-0.4, -0.2) is 23.1 Å². The minimum Gasteiger partial charge on any atom is -0.545 e. The lowest BCUT2D eigenvalue weighted by Crippen LogP contribution is -2.25. The molecule has 0 fully saturated rings. The molecule has 0 saturated carbocycles. The smallest absolute Gasteiger partial charge is 0.264 e. The van der Waals surface area contributed by atoms with Crippen molar-refractivity contribution in [1.29, 1.82) is 0 Å². The van der Waals surface area contributed by atoms with E-state index in [1.165, 1.54) is 30.3 Å². The quantitative estimate of drug-likeness (QED) is 0.757. The number of aromatic carboxylic acids is 1. The second-order valence-electron chi connectivity index (χ2n) is 4.33. The highest BCUT2D eigenvalue weighted by molar-refractivity contribution is 7.93. The second kappa shape index (κ2) is 5.35. The summed E-state index contributed by atoms with van der Waals surface area (Å²) in [4.78, 5) is 11.0. The van der Waals surface area contributed by atoms with E-state index in [0.717, 1.165) is 11.7 Å². The van der Waals surface area contributed by atoms with Gasteiger partial charge in [-0.2, -0.15) is 8.75 Å². The zero-order valence-electron chi connectivity index (χ0n) is 10.9. The minimum atomic E-state index is -4.00. The number of carboxylic acids is 1. The molecule has 0 aliphatic rings. The van der Waals surface area contributed by atoms with Crippen molar-refractivity contribution in [2.75, 3.05) is 4.72 Å². The Hall–Kier alpha value is -2.52. The average molecular weight is 334 g/mol. The molecule has 1 aromatic heterocycles. The molecule has 2 aromatic carbocycles. The summed E-state index contributed by atoms with van der Waals surface area (Å²) in [5.74, 6) is -1.47. The molecule has 1 N–H and O–H groups in total. The monoisotopic (exact) mass is 334 g/mol. The van der Waals surface area contributed by atoms with Gasteiger partial charge in [0.2, 0.25) is 0 Å². The van der Waals surface area contributed by atoms with Crippen LogP contribution in [0.25, 0.3) is 11.0 Å². The van der Waals surface area contributed by atoms with Crippen LogP contribution in [0.4, 0.5) is 5.69 Å².